The normalized spacial score (nSPS) is 24.4. The fourth-order valence-corrected chi connectivity index (χ4v) is 5.93. The molecular weight excluding hydrogens is 374 g/mol. The van der Waals surface area contributed by atoms with E-state index in [2.05, 4.69) is 39.0 Å². The van der Waals surface area contributed by atoms with Crippen LogP contribution < -0.4 is 0 Å². The van der Waals surface area contributed by atoms with Crippen LogP contribution in [0.2, 0.25) is 0 Å². The SMILES string of the molecule is O=C(C1CCC1)N1CCN([C@@H](C(=O)N2CCc3ccccc3C2)C2CCCC2)CC1. The van der Waals surface area contributed by atoms with E-state index in [0.29, 0.717) is 17.7 Å². The number of hydrogen-bond acceptors (Lipinski definition) is 3. The molecule has 0 bridgehead atoms. The average Bonchev–Trinajstić information content (AvgIpc) is 3.27. The molecule has 5 heteroatoms. The van der Waals surface area contributed by atoms with Crippen LogP contribution in [0.15, 0.2) is 24.3 Å². The first-order valence-electron chi connectivity index (χ1n) is 12.1. The standard InChI is InChI=1S/C25H35N3O2/c29-24(21-10-5-11-21)27-16-14-26(15-17-27)23(20-7-2-3-8-20)25(30)28-13-12-19-6-1-4-9-22(19)18-28/h1,4,6,9,20-21,23H,2-3,5,7-8,10-18H2/t23-/m1/s1. The van der Waals surface area contributed by atoms with E-state index in [1.165, 1.54) is 43.2 Å². The first-order valence-corrected chi connectivity index (χ1v) is 12.1. The molecule has 2 saturated carbocycles. The zero-order chi connectivity index (χ0) is 20.5. The van der Waals surface area contributed by atoms with Crippen molar-refractivity contribution in [2.75, 3.05) is 32.7 Å². The first-order chi connectivity index (χ1) is 14.7. The molecule has 30 heavy (non-hydrogen) atoms. The summed E-state index contributed by atoms with van der Waals surface area (Å²) in [4.78, 5) is 33.0. The van der Waals surface area contributed by atoms with Gasteiger partial charge in [-0.1, -0.05) is 43.5 Å². The zero-order valence-corrected chi connectivity index (χ0v) is 18.1. The maximum Gasteiger partial charge on any atom is 0.240 e. The summed E-state index contributed by atoms with van der Waals surface area (Å²) in [6.45, 7) is 4.84. The van der Waals surface area contributed by atoms with E-state index in [0.717, 1.165) is 58.5 Å². The van der Waals surface area contributed by atoms with Crippen LogP contribution in [0.4, 0.5) is 0 Å². The van der Waals surface area contributed by atoms with Crippen molar-refractivity contribution in [3.63, 3.8) is 0 Å². The van der Waals surface area contributed by atoms with Crippen molar-refractivity contribution < 1.29 is 9.59 Å². The van der Waals surface area contributed by atoms with Gasteiger partial charge in [0.1, 0.15) is 0 Å². The molecule has 2 aliphatic heterocycles. The van der Waals surface area contributed by atoms with Gasteiger partial charge in [-0.05, 0) is 49.1 Å². The number of carbonyl (C=O) groups is 2. The van der Waals surface area contributed by atoms with Crippen molar-refractivity contribution in [1.29, 1.82) is 0 Å². The summed E-state index contributed by atoms with van der Waals surface area (Å²) in [6, 6.07) is 8.55. The largest absolute Gasteiger partial charge is 0.340 e. The molecule has 0 aromatic heterocycles. The second-order valence-corrected chi connectivity index (χ2v) is 9.76. The van der Waals surface area contributed by atoms with E-state index in [-0.39, 0.29) is 12.0 Å². The van der Waals surface area contributed by atoms with Crippen LogP contribution in [0.3, 0.4) is 0 Å². The molecule has 1 saturated heterocycles. The van der Waals surface area contributed by atoms with Gasteiger partial charge in [0.2, 0.25) is 11.8 Å². The number of piperazine rings is 1. The molecule has 0 N–H and O–H groups in total. The summed E-state index contributed by atoms with van der Waals surface area (Å²) in [5, 5.41) is 0. The van der Waals surface area contributed by atoms with Gasteiger partial charge in [0, 0.05) is 45.2 Å². The number of carbonyl (C=O) groups excluding carboxylic acids is 2. The summed E-state index contributed by atoms with van der Waals surface area (Å²) >= 11 is 0. The molecule has 0 radical (unpaired) electrons. The fraction of sp³-hybridized carbons (Fsp3) is 0.680. The van der Waals surface area contributed by atoms with E-state index in [4.69, 9.17) is 0 Å². The highest BCUT2D eigenvalue weighted by molar-refractivity contribution is 5.83. The highest BCUT2D eigenvalue weighted by Crippen LogP contribution is 2.34. The van der Waals surface area contributed by atoms with Crippen molar-refractivity contribution in [2.24, 2.45) is 11.8 Å². The Bertz CT molecular complexity index is 776. The van der Waals surface area contributed by atoms with Crippen LogP contribution in [0.1, 0.15) is 56.1 Å². The predicted molar refractivity (Wildman–Crippen MR) is 117 cm³/mol. The molecule has 1 aromatic carbocycles. The van der Waals surface area contributed by atoms with Gasteiger partial charge in [0.15, 0.2) is 0 Å². The summed E-state index contributed by atoms with van der Waals surface area (Å²) in [5.41, 5.74) is 2.69. The third kappa shape index (κ3) is 3.89. The smallest absolute Gasteiger partial charge is 0.240 e. The van der Waals surface area contributed by atoms with E-state index in [1.54, 1.807) is 0 Å². The molecule has 0 spiro atoms. The minimum absolute atomic E-state index is 0.00119. The number of rotatable bonds is 4. The maximum atomic E-state index is 13.8. The van der Waals surface area contributed by atoms with Crippen LogP contribution in [0, 0.1) is 11.8 Å². The highest BCUT2D eigenvalue weighted by atomic mass is 16.2. The van der Waals surface area contributed by atoms with Crippen molar-refractivity contribution in [3.8, 4) is 0 Å². The topological polar surface area (TPSA) is 43.9 Å². The Labute approximate surface area is 180 Å². The summed E-state index contributed by atoms with van der Waals surface area (Å²) in [7, 11) is 0. The van der Waals surface area contributed by atoms with Gasteiger partial charge < -0.3 is 9.80 Å². The van der Waals surface area contributed by atoms with Gasteiger partial charge in [-0.2, -0.15) is 0 Å². The van der Waals surface area contributed by atoms with Gasteiger partial charge in [-0.25, -0.2) is 0 Å². The van der Waals surface area contributed by atoms with E-state index in [9.17, 15) is 9.59 Å². The average molecular weight is 410 g/mol. The molecule has 5 nitrogen and oxygen atoms in total. The number of fused-ring (bicyclic) bond motifs is 1. The number of amides is 2. The lowest BCUT2D eigenvalue weighted by atomic mass is 9.84. The highest BCUT2D eigenvalue weighted by Gasteiger charge is 2.40. The number of hydrogen-bond donors (Lipinski definition) is 0. The Morgan fingerprint density at radius 2 is 1.50 bits per heavy atom. The lowest BCUT2D eigenvalue weighted by Gasteiger charge is -2.44. The second kappa shape index (κ2) is 8.70. The summed E-state index contributed by atoms with van der Waals surface area (Å²) in [5.74, 6) is 1.44. The minimum atomic E-state index is -0.00119. The monoisotopic (exact) mass is 409 g/mol. The predicted octanol–water partition coefficient (Wildman–Crippen LogP) is 3.07. The van der Waals surface area contributed by atoms with E-state index in [1.807, 2.05) is 0 Å². The summed E-state index contributed by atoms with van der Waals surface area (Å²) in [6.07, 6.45) is 9.13. The van der Waals surface area contributed by atoms with Crippen LogP contribution >= 0.6 is 0 Å². The Morgan fingerprint density at radius 3 is 2.17 bits per heavy atom. The van der Waals surface area contributed by atoms with Crippen LogP contribution in [-0.4, -0.2) is 65.3 Å². The van der Waals surface area contributed by atoms with Gasteiger partial charge in [-0.15, -0.1) is 0 Å². The Hall–Kier alpha value is -1.88. The third-order valence-corrected chi connectivity index (χ3v) is 8.02. The zero-order valence-electron chi connectivity index (χ0n) is 18.1. The molecular formula is C25H35N3O2. The molecule has 162 valence electrons. The van der Waals surface area contributed by atoms with Crippen LogP contribution in [0.5, 0.6) is 0 Å². The molecule has 3 fully saturated rings. The molecule has 0 unspecified atom stereocenters. The van der Waals surface area contributed by atoms with Crippen molar-refractivity contribution in [2.45, 2.75) is 64.0 Å². The molecule has 1 aromatic rings. The van der Waals surface area contributed by atoms with Gasteiger partial charge in [0.25, 0.3) is 0 Å². The number of nitrogens with zero attached hydrogens (tertiary/aromatic N) is 3. The quantitative estimate of drug-likeness (QED) is 0.768. The van der Waals surface area contributed by atoms with Crippen molar-refractivity contribution in [1.82, 2.24) is 14.7 Å². The Kier molecular flexibility index (Phi) is 5.81. The molecule has 4 aliphatic rings. The lowest BCUT2D eigenvalue weighted by Crippen LogP contribution is -2.59. The maximum absolute atomic E-state index is 13.8. The van der Waals surface area contributed by atoms with Crippen LogP contribution in [0.25, 0.3) is 0 Å². The molecule has 1 atom stereocenters. The molecule has 5 rings (SSSR count). The molecule has 2 heterocycles. The van der Waals surface area contributed by atoms with Crippen LogP contribution in [-0.2, 0) is 22.6 Å². The van der Waals surface area contributed by atoms with Crippen molar-refractivity contribution in [3.05, 3.63) is 35.4 Å². The van der Waals surface area contributed by atoms with E-state index < -0.39 is 0 Å². The van der Waals surface area contributed by atoms with Gasteiger partial charge in [-0.3, -0.25) is 14.5 Å². The molecule has 2 amide bonds. The lowest BCUT2D eigenvalue weighted by molar-refractivity contribution is -0.144. The van der Waals surface area contributed by atoms with Gasteiger partial charge in [0.05, 0.1) is 6.04 Å². The minimum Gasteiger partial charge on any atom is -0.340 e. The van der Waals surface area contributed by atoms with Crippen molar-refractivity contribution >= 4 is 11.8 Å². The van der Waals surface area contributed by atoms with E-state index >= 15 is 0 Å². The summed E-state index contributed by atoms with van der Waals surface area (Å²) < 4.78 is 0. The first kappa shape index (κ1) is 20.0. The second-order valence-electron chi connectivity index (χ2n) is 9.76. The Balaban J connectivity index is 1.27. The Morgan fingerprint density at radius 1 is 0.800 bits per heavy atom. The molecule has 2 aliphatic carbocycles. The van der Waals surface area contributed by atoms with Gasteiger partial charge >= 0.3 is 0 Å². The number of benzene rings is 1. The third-order valence-electron chi connectivity index (χ3n) is 8.02. The fourth-order valence-electron chi connectivity index (χ4n) is 5.93.